The van der Waals surface area contributed by atoms with Crippen molar-refractivity contribution >= 4 is 28.7 Å². The third-order valence-corrected chi connectivity index (χ3v) is 2.71. The molecular weight excluding hydrogens is 265 g/mol. The molecule has 2 rings (SSSR count). The van der Waals surface area contributed by atoms with Gasteiger partial charge in [0.2, 0.25) is 0 Å². The number of nitrogens with one attached hydrogen (secondary N) is 1. The number of nitrogens with zero attached hydrogens (tertiary/aromatic N) is 1. The van der Waals surface area contributed by atoms with Crippen molar-refractivity contribution in [1.82, 2.24) is 4.98 Å². The summed E-state index contributed by atoms with van der Waals surface area (Å²) in [6.45, 7) is 0. The number of benzene rings is 1. The maximum absolute atomic E-state index is 13.1. The van der Waals surface area contributed by atoms with E-state index in [4.69, 9.17) is 22.7 Å². The molecule has 0 bridgehead atoms. The molecule has 0 saturated heterocycles. The van der Waals surface area contributed by atoms with Crippen LogP contribution in [0.3, 0.4) is 0 Å². The van der Waals surface area contributed by atoms with Crippen LogP contribution in [0.1, 0.15) is 5.56 Å². The van der Waals surface area contributed by atoms with Crippen molar-refractivity contribution in [3.05, 3.63) is 47.9 Å². The fourth-order valence-corrected chi connectivity index (χ4v) is 1.76. The zero-order valence-corrected chi connectivity index (χ0v) is 11.0. The zero-order valence-electron chi connectivity index (χ0n) is 10.2. The van der Waals surface area contributed by atoms with E-state index in [0.717, 1.165) is 0 Å². The predicted molar refractivity (Wildman–Crippen MR) is 76.4 cm³/mol. The van der Waals surface area contributed by atoms with Crippen LogP contribution in [0.15, 0.2) is 36.5 Å². The van der Waals surface area contributed by atoms with Crippen LogP contribution in [0.25, 0.3) is 0 Å². The average Bonchev–Trinajstić information content (AvgIpc) is 2.41. The number of aromatic nitrogens is 1. The number of nitrogens with two attached hydrogens (primary N) is 1. The first-order valence-corrected chi connectivity index (χ1v) is 5.88. The Labute approximate surface area is 115 Å². The second-order valence-corrected chi connectivity index (χ2v) is 4.17. The summed E-state index contributed by atoms with van der Waals surface area (Å²) in [6.07, 6.45) is 1.61. The molecule has 0 fully saturated rings. The Morgan fingerprint density at radius 3 is 2.89 bits per heavy atom. The van der Waals surface area contributed by atoms with E-state index in [1.54, 1.807) is 24.4 Å². The number of hydrogen-bond donors (Lipinski definition) is 2. The van der Waals surface area contributed by atoms with E-state index in [-0.39, 0.29) is 10.8 Å². The van der Waals surface area contributed by atoms with Gasteiger partial charge < -0.3 is 15.8 Å². The molecule has 0 radical (unpaired) electrons. The largest absolute Gasteiger partial charge is 0.494 e. The number of halogens is 1. The van der Waals surface area contributed by atoms with Crippen molar-refractivity contribution in [3.8, 4) is 5.75 Å². The normalized spacial score (nSPS) is 10.0. The van der Waals surface area contributed by atoms with Gasteiger partial charge in [0.25, 0.3) is 0 Å². The van der Waals surface area contributed by atoms with E-state index in [0.29, 0.717) is 22.8 Å². The summed E-state index contributed by atoms with van der Waals surface area (Å²) < 4.78 is 18.2. The standard InChI is InChI=1S/C13H12FN3OS/c1-18-11-7-8(14)4-5-10(11)17-13-9(12(15)19)3-2-6-16-13/h2-7H,1H3,(H2,15,19)(H,16,17). The van der Waals surface area contributed by atoms with Crippen LogP contribution in [0.4, 0.5) is 15.9 Å². The molecule has 0 amide bonds. The SMILES string of the molecule is COc1cc(F)ccc1Nc1ncccc1C(N)=S. The van der Waals surface area contributed by atoms with E-state index < -0.39 is 0 Å². The highest BCUT2D eigenvalue weighted by Crippen LogP contribution is 2.28. The lowest BCUT2D eigenvalue weighted by molar-refractivity contribution is 0.413. The first-order chi connectivity index (χ1) is 9.11. The van der Waals surface area contributed by atoms with Gasteiger partial charge in [-0.05, 0) is 24.3 Å². The van der Waals surface area contributed by atoms with Crippen LogP contribution in [0.5, 0.6) is 5.75 Å². The lowest BCUT2D eigenvalue weighted by atomic mass is 10.2. The average molecular weight is 277 g/mol. The number of pyridine rings is 1. The summed E-state index contributed by atoms with van der Waals surface area (Å²) in [5.74, 6) is 0.498. The van der Waals surface area contributed by atoms with Gasteiger partial charge in [0.1, 0.15) is 22.4 Å². The topological polar surface area (TPSA) is 60.2 Å². The van der Waals surface area contributed by atoms with Crippen molar-refractivity contribution in [3.63, 3.8) is 0 Å². The smallest absolute Gasteiger partial charge is 0.145 e. The van der Waals surface area contributed by atoms with Crippen LogP contribution >= 0.6 is 12.2 Å². The molecule has 0 aliphatic heterocycles. The van der Waals surface area contributed by atoms with Crippen molar-refractivity contribution in [2.45, 2.75) is 0 Å². The van der Waals surface area contributed by atoms with E-state index >= 15 is 0 Å². The fourth-order valence-electron chi connectivity index (χ4n) is 1.60. The highest BCUT2D eigenvalue weighted by molar-refractivity contribution is 7.80. The molecule has 0 unspecified atom stereocenters. The van der Waals surface area contributed by atoms with Crippen molar-refractivity contribution in [2.75, 3.05) is 12.4 Å². The molecule has 3 N–H and O–H groups in total. The zero-order chi connectivity index (χ0) is 13.8. The van der Waals surface area contributed by atoms with E-state index in [2.05, 4.69) is 10.3 Å². The predicted octanol–water partition coefficient (Wildman–Crippen LogP) is 2.61. The van der Waals surface area contributed by atoms with Crippen LogP contribution in [-0.4, -0.2) is 17.1 Å². The Morgan fingerprint density at radius 2 is 2.21 bits per heavy atom. The molecule has 98 valence electrons. The van der Waals surface area contributed by atoms with Crippen LogP contribution in [0, 0.1) is 5.82 Å². The van der Waals surface area contributed by atoms with Gasteiger partial charge in [0.05, 0.1) is 18.4 Å². The van der Waals surface area contributed by atoms with E-state index in [1.807, 2.05) is 0 Å². The minimum absolute atomic E-state index is 0.233. The molecule has 6 heteroatoms. The van der Waals surface area contributed by atoms with Crippen LogP contribution in [-0.2, 0) is 0 Å². The molecule has 0 saturated carbocycles. The molecule has 1 aromatic carbocycles. The maximum Gasteiger partial charge on any atom is 0.145 e. The second kappa shape index (κ2) is 5.62. The summed E-state index contributed by atoms with van der Waals surface area (Å²) in [7, 11) is 1.47. The summed E-state index contributed by atoms with van der Waals surface area (Å²) in [5.41, 5.74) is 6.82. The number of methoxy groups -OCH3 is 1. The van der Waals surface area contributed by atoms with Gasteiger partial charge in [-0.3, -0.25) is 0 Å². The summed E-state index contributed by atoms with van der Waals surface area (Å²) in [5, 5.41) is 3.03. The van der Waals surface area contributed by atoms with Gasteiger partial charge in [-0.15, -0.1) is 0 Å². The highest BCUT2D eigenvalue weighted by Gasteiger charge is 2.10. The number of anilines is 2. The monoisotopic (exact) mass is 277 g/mol. The molecule has 2 aromatic rings. The Bertz CT molecular complexity index is 619. The number of thiocarbonyl (C=S) groups is 1. The summed E-state index contributed by atoms with van der Waals surface area (Å²) >= 11 is 4.95. The number of ether oxygens (including phenoxy) is 1. The fraction of sp³-hybridized carbons (Fsp3) is 0.0769. The second-order valence-electron chi connectivity index (χ2n) is 3.73. The molecule has 1 heterocycles. The molecule has 1 aromatic heterocycles. The maximum atomic E-state index is 13.1. The quantitative estimate of drug-likeness (QED) is 0.841. The van der Waals surface area contributed by atoms with Gasteiger partial charge in [-0.1, -0.05) is 12.2 Å². The van der Waals surface area contributed by atoms with Gasteiger partial charge in [-0.2, -0.15) is 0 Å². The van der Waals surface area contributed by atoms with Crippen molar-refractivity contribution in [1.29, 1.82) is 0 Å². The first-order valence-electron chi connectivity index (χ1n) is 5.47. The molecule has 0 atom stereocenters. The summed E-state index contributed by atoms with van der Waals surface area (Å²) in [4.78, 5) is 4.40. The molecule has 0 spiro atoms. The van der Waals surface area contributed by atoms with Crippen LogP contribution in [0.2, 0.25) is 0 Å². The summed E-state index contributed by atoms with van der Waals surface area (Å²) in [6, 6.07) is 7.67. The van der Waals surface area contributed by atoms with E-state index in [9.17, 15) is 4.39 Å². The third-order valence-electron chi connectivity index (χ3n) is 2.49. The minimum atomic E-state index is -0.377. The van der Waals surface area contributed by atoms with Crippen LogP contribution < -0.4 is 15.8 Å². The first kappa shape index (κ1) is 13.2. The van der Waals surface area contributed by atoms with Crippen molar-refractivity contribution in [2.24, 2.45) is 5.73 Å². The lowest BCUT2D eigenvalue weighted by Gasteiger charge is -2.12. The van der Waals surface area contributed by atoms with Gasteiger partial charge in [0.15, 0.2) is 0 Å². The molecule has 0 aliphatic rings. The van der Waals surface area contributed by atoms with E-state index in [1.165, 1.54) is 19.2 Å². The number of rotatable bonds is 4. The Kier molecular flexibility index (Phi) is 3.91. The molecule has 19 heavy (non-hydrogen) atoms. The van der Waals surface area contributed by atoms with Gasteiger partial charge in [0, 0.05) is 12.3 Å². The molecular formula is C13H12FN3OS. The van der Waals surface area contributed by atoms with Crippen molar-refractivity contribution < 1.29 is 9.13 Å². The highest BCUT2D eigenvalue weighted by atomic mass is 32.1. The minimum Gasteiger partial charge on any atom is -0.494 e. The van der Waals surface area contributed by atoms with Gasteiger partial charge in [-0.25, -0.2) is 9.37 Å². The Balaban J connectivity index is 2.39. The molecule has 0 aliphatic carbocycles. The van der Waals surface area contributed by atoms with Gasteiger partial charge >= 0.3 is 0 Å². The Morgan fingerprint density at radius 1 is 1.42 bits per heavy atom. The molecule has 4 nitrogen and oxygen atoms in total. The Hall–Kier alpha value is -2.21. The third kappa shape index (κ3) is 2.97. The number of hydrogen-bond acceptors (Lipinski definition) is 4. The lowest BCUT2D eigenvalue weighted by Crippen LogP contribution is -2.13.